The van der Waals surface area contributed by atoms with E-state index in [4.69, 9.17) is 13.9 Å². The first-order chi connectivity index (χ1) is 11.1. The summed E-state index contributed by atoms with van der Waals surface area (Å²) >= 11 is 0. The molecule has 0 fully saturated rings. The maximum Gasteiger partial charge on any atom is 0.336 e. The molecule has 23 heavy (non-hydrogen) atoms. The van der Waals surface area contributed by atoms with E-state index < -0.39 is 0 Å². The number of fused-ring (bicyclic) bond motifs is 2. The zero-order valence-electron chi connectivity index (χ0n) is 11.9. The average molecular weight is 308 g/mol. The van der Waals surface area contributed by atoms with Gasteiger partial charge in [0.2, 0.25) is 0 Å². The largest absolute Gasteiger partial charge is 0.508 e. The van der Waals surface area contributed by atoms with Gasteiger partial charge in [0.05, 0.1) is 0 Å². The summed E-state index contributed by atoms with van der Waals surface area (Å²) in [5.74, 6) is 0.163. The van der Waals surface area contributed by atoms with Crippen LogP contribution in [0.25, 0.3) is 21.9 Å². The molecule has 0 amide bonds. The van der Waals surface area contributed by atoms with Gasteiger partial charge in [-0.25, -0.2) is 9.59 Å². The standard InChI is InChI=1S/C9H6O3.C9H6O2/c10-7-2-3-8-6(5-7)1-4-9(11)12-8;10-9-6-5-7-3-1-2-4-8(7)11-9/h1-5,10H;1-6H. The molecule has 0 atom stereocenters. The number of hydrogen-bond donors (Lipinski definition) is 1. The molecule has 0 aliphatic heterocycles. The molecule has 0 aliphatic carbocycles. The minimum atomic E-state index is -0.381. The molecule has 5 heteroatoms. The fourth-order valence-electron chi connectivity index (χ4n) is 2.07. The van der Waals surface area contributed by atoms with Crippen molar-refractivity contribution < 1.29 is 13.9 Å². The molecule has 1 N–H and O–H groups in total. The lowest BCUT2D eigenvalue weighted by molar-refractivity contribution is 0.475. The number of aromatic hydroxyl groups is 1. The van der Waals surface area contributed by atoms with Gasteiger partial charge in [0.25, 0.3) is 0 Å². The number of hydrogen-bond acceptors (Lipinski definition) is 5. The van der Waals surface area contributed by atoms with E-state index in [0.717, 1.165) is 10.8 Å². The van der Waals surface area contributed by atoms with Gasteiger partial charge in [-0.05, 0) is 36.4 Å². The Morgan fingerprint density at radius 3 is 2.00 bits per heavy atom. The Hall–Kier alpha value is -3.34. The molecule has 0 spiro atoms. The number of phenolic OH excluding ortho intramolecular Hbond substituents is 1. The molecule has 4 aromatic rings. The van der Waals surface area contributed by atoms with Gasteiger partial charge in [0, 0.05) is 22.9 Å². The van der Waals surface area contributed by atoms with Crippen LogP contribution in [-0.2, 0) is 0 Å². The molecule has 0 saturated heterocycles. The van der Waals surface area contributed by atoms with Crippen LogP contribution in [0.2, 0.25) is 0 Å². The lowest BCUT2D eigenvalue weighted by Gasteiger charge is -1.94. The summed E-state index contributed by atoms with van der Waals surface area (Å²) in [4.78, 5) is 21.5. The second-order valence-electron chi connectivity index (χ2n) is 4.77. The van der Waals surface area contributed by atoms with Crippen LogP contribution < -0.4 is 11.3 Å². The minimum Gasteiger partial charge on any atom is -0.508 e. The van der Waals surface area contributed by atoms with Crippen LogP contribution in [0.15, 0.2) is 85.2 Å². The van der Waals surface area contributed by atoms with Gasteiger partial charge >= 0.3 is 11.3 Å². The molecule has 2 aromatic carbocycles. The van der Waals surface area contributed by atoms with Crippen LogP contribution in [-0.4, -0.2) is 5.11 Å². The molecule has 0 saturated carbocycles. The SMILES string of the molecule is O=c1ccc2cc(O)ccc2o1.O=c1ccc2ccccc2o1. The number of benzene rings is 2. The van der Waals surface area contributed by atoms with Gasteiger partial charge in [-0.15, -0.1) is 0 Å². The zero-order valence-corrected chi connectivity index (χ0v) is 11.9. The Morgan fingerprint density at radius 2 is 1.26 bits per heavy atom. The Balaban J connectivity index is 0.000000136. The quantitative estimate of drug-likeness (QED) is 0.504. The molecule has 114 valence electrons. The summed E-state index contributed by atoms with van der Waals surface area (Å²) in [6.45, 7) is 0. The molecule has 0 unspecified atom stereocenters. The first-order valence-electron chi connectivity index (χ1n) is 6.84. The van der Waals surface area contributed by atoms with E-state index >= 15 is 0 Å². The van der Waals surface area contributed by atoms with Gasteiger partial charge in [-0.1, -0.05) is 18.2 Å². The summed E-state index contributed by atoms with van der Waals surface area (Å²) in [6.07, 6.45) is 0. The number of phenols is 1. The van der Waals surface area contributed by atoms with E-state index in [0.29, 0.717) is 11.2 Å². The molecule has 2 aromatic heterocycles. The second kappa shape index (κ2) is 6.19. The molecule has 0 aliphatic rings. The Bertz CT molecular complexity index is 1080. The van der Waals surface area contributed by atoms with Gasteiger partial charge in [-0.2, -0.15) is 0 Å². The first-order valence-corrected chi connectivity index (χ1v) is 6.84. The molecule has 0 radical (unpaired) electrons. The lowest BCUT2D eigenvalue weighted by Crippen LogP contribution is -1.93. The molecular weight excluding hydrogens is 296 g/mol. The normalized spacial score (nSPS) is 10.3. The fourth-order valence-corrected chi connectivity index (χ4v) is 2.07. The van der Waals surface area contributed by atoms with Crippen LogP contribution in [0, 0.1) is 0 Å². The van der Waals surface area contributed by atoms with Crippen molar-refractivity contribution in [3.05, 3.63) is 87.6 Å². The van der Waals surface area contributed by atoms with Gasteiger partial charge < -0.3 is 13.9 Å². The average Bonchev–Trinajstić information content (AvgIpc) is 2.55. The van der Waals surface area contributed by atoms with E-state index in [-0.39, 0.29) is 17.0 Å². The van der Waals surface area contributed by atoms with Gasteiger partial charge in [0.15, 0.2) is 0 Å². The number of para-hydroxylation sites is 1. The van der Waals surface area contributed by atoms with Crippen LogP contribution >= 0.6 is 0 Å². The minimum absolute atomic E-state index is 0.163. The highest BCUT2D eigenvalue weighted by Gasteiger charge is 1.96. The summed E-state index contributed by atoms with van der Waals surface area (Å²) in [6, 6.07) is 18.1. The Morgan fingerprint density at radius 1 is 0.652 bits per heavy atom. The molecular formula is C18H12O5. The lowest BCUT2D eigenvalue weighted by atomic mass is 10.2. The van der Waals surface area contributed by atoms with Crippen molar-refractivity contribution in [1.29, 1.82) is 0 Å². The third kappa shape index (κ3) is 3.47. The summed E-state index contributed by atoms with van der Waals surface area (Å²) in [7, 11) is 0. The van der Waals surface area contributed by atoms with Gasteiger partial charge in [-0.3, -0.25) is 0 Å². The Kier molecular flexibility index (Phi) is 3.93. The van der Waals surface area contributed by atoms with E-state index in [9.17, 15) is 9.59 Å². The maximum atomic E-state index is 10.7. The van der Waals surface area contributed by atoms with Crippen molar-refractivity contribution in [3.8, 4) is 5.75 Å². The predicted octanol–water partition coefficient (Wildman–Crippen LogP) is 3.29. The van der Waals surface area contributed by atoms with Crippen molar-refractivity contribution in [2.24, 2.45) is 0 Å². The highest BCUT2D eigenvalue weighted by Crippen LogP contribution is 2.17. The molecule has 5 nitrogen and oxygen atoms in total. The van der Waals surface area contributed by atoms with E-state index in [1.165, 1.54) is 24.3 Å². The van der Waals surface area contributed by atoms with Crippen LogP contribution in [0.1, 0.15) is 0 Å². The summed E-state index contributed by atoms with van der Waals surface area (Å²) in [5, 5.41) is 10.7. The molecule has 2 heterocycles. The second-order valence-corrected chi connectivity index (χ2v) is 4.77. The van der Waals surface area contributed by atoms with Crippen molar-refractivity contribution in [1.82, 2.24) is 0 Å². The molecule has 0 bridgehead atoms. The number of rotatable bonds is 0. The third-order valence-electron chi connectivity index (χ3n) is 3.13. The molecule has 4 rings (SSSR count). The van der Waals surface area contributed by atoms with E-state index in [1.54, 1.807) is 24.3 Å². The van der Waals surface area contributed by atoms with Crippen molar-refractivity contribution >= 4 is 21.9 Å². The fraction of sp³-hybridized carbons (Fsp3) is 0. The van der Waals surface area contributed by atoms with Crippen LogP contribution in [0.3, 0.4) is 0 Å². The van der Waals surface area contributed by atoms with Crippen LogP contribution in [0.5, 0.6) is 5.75 Å². The predicted molar refractivity (Wildman–Crippen MR) is 86.6 cm³/mol. The van der Waals surface area contributed by atoms with Crippen LogP contribution in [0.4, 0.5) is 0 Å². The maximum absolute atomic E-state index is 10.7. The summed E-state index contributed by atoms with van der Waals surface area (Å²) < 4.78 is 9.76. The first kappa shape index (κ1) is 14.6. The highest BCUT2D eigenvalue weighted by molar-refractivity contribution is 5.77. The smallest absolute Gasteiger partial charge is 0.336 e. The van der Waals surface area contributed by atoms with Crippen molar-refractivity contribution in [3.63, 3.8) is 0 Å². The van der Waals surface area contributed by atoms with Crippen molar-refractivity contribution in [2.45, 2.75) is 0 Å². The zero-order chi connectivity index (χ0) is 16.2. The van der Waals surface area contributed by atoms with Crippen molar-refractivity contribution in [2.75, 3.05) is 0 Å². The summed E-state index contributed by atoms with van der Waals surface area (Å²) in [5.41, 5.74) is 0.442. The monoisotopic (exact) mass is 308 g/mol. The van der Waals surface area contributed by atoms with Gasteiger partial charge in [0.1, 0.15) is 16.9 Å². The topological polar surface area (TPSA) is 80.6 Å². The highest BCUT2D eigenvalue weighted by atomic mass is 16.4. The Labute approximate surface area is 130 Å². The third-order valence-corrected chi connectivity index (χ3v) is 3.13. The van der Waals surface area contributed by atoms with E-state index in [2.05, 4.69) is 0 Å². The van der Waals surface area contributed by atoms with E-state index in [1.807, 2.05) is 18.2 Å².